The summed E-state index contributed by atoms with van der Waals surface area (Å²) in [4.78, 5) is 24.1. The van der Waals surface area contributed by atoms with E-state index in [0.717, 1.165) is 9.13 Å². The molecule has 0 aliphatic rings. The van der Waals surface area contributed by atoms with Gasteiger partial charge < -0.3 is 9.15 Å². The molecule has 0 saturated heterocycles. The second-order valence-electron chi connectivity index (χ2n) is 5.53. The van der Waals surface area contributed by atoms with Crippen LogP contribution in [0.4, 0.5) is 0 Å². The lowest BCUT2D eigenvalue weighted by atomic mass is 10.2. The molecule has 0 fully saturated rings. The molecule has 136 valence electrons. The number of amides is 1. The summed E-state index contributed by atoms with van der Waals surface area (Å²) in [6.07, 6.45) is 2.95. The Kier molecular flexibility index (Phi) is 6.02. The van der Waals surface area contributed by atoms with Crippen molar-refractivity contribution < 1.29 is 18.7 Å². The standard InChI is InChI=1S/C20H15IN2O4/c1-13-16(10-11-26-13)19(24)23-22-12-14-6-8-15(9-7-14)27-20(25)17-4-2-3-5-18(17)21/h2-12H,1H3,(H,23,24)/b22-12+. The third kappa shape index (κ3) is 4.82. The predicted octanol–water partition coefficient (Wildman–Crippen LogP) is 4.18. The van der Waals surface area contributed by atoms with Gasteiger partial charge in [-0.05, 0) is 77.5 Å². The van der Waals surface area contributed by atoms with E-state index in [-0.39, 0.29) is 5.91 Å². The first-order valence-corrected chi connectivity index (χ1v) is 9.07. The van der Waals surface area contributed by atoms with Crippen molar-refractivity contribution in [1.82, 2.24) is 5.43 Å². The van der Waals surface area contributed by atoms with E-state index in [0.29, 0.717) is 22.6 Å². The van der Waals surface area contributed by atoms with Crippen molar-refractivity contribution >= 4 is 40.7 Å². The van der Waals surface area contributed by atoms with Gasteiger partial charge in [0.15, 0.2) is 0 Å². The molecule has 1 heterocycles. The van der Waals surface area contributed by atoms with Crippen molar-refractivity contribution in [3.63, 3.8) is 0 Å². The molecule has 27 heavy (non-hydrogen) atoms. The van der Waals surface area contributed by atoms with Crippen molar-refractivity contribution in [3.05, 3.63) is 86.9 Å². The average Bonchev–Trinajstić information content (AvgIpc) is 3.09. The van der Waals surface area contributed by atoms with Gasteiger partial charge >= 0.3 is 5.97 Å². The first kappa shape index (κ1) is 18.8. The van der Waals surface area contributed by atoms with E-state index in [2.05, 4.69) is 33.1 Å². The van der Waals surface area contributed by atoms with E-state index < -0.39 is 5.97 Å². The van der Waals surface area contributed by atoms with Gasteiger partial charge in [0, 0.05) is 3.57 Å². The SMILES string of the molecule is Cc1occc1C(=O)N/N=C/c1ccc(OC(=O)c2ccccc2I)cc1. The van der Waals surface area contributed by atoms with Crippen LogP contribution in [-0.2, 0) is 0 Å². The fraction of sp³-hybridized carbons (Fsp3) is 0.0500. The monoisotopic (exact) mass is 474 g/mol. The zero-order valence-electron chi connectivity index (χ0n) is 14.3. The van der Waals surface area contributed by atoms with Crippen LogP contribution in [0.15, 0.2) is 70.4 Å². The molecule has 0 aliphatic carbocycles. The molecule has 0 unspecified atom stereocenters. The summed E-state index contributed by atoms with van der Waals surface area (Å²) >= 11 is 2.09. The highest BCUT2D eigenvalue weighted by molar-refractivity contribution is 14.1. The largest absolute Gasteiger partial charge is 0.469 e. The Balaban J connectivity index is 1.59. The number of carbonyl (C=O) groups is 2. The van der Waals surface area contributed by atoms with E-state index in [1.807, 2.05) is 12.1 Å². The molecular weight excluding hydrogens is 459 g/mol. The predicted molar refractivity (Wildman–Crippen MR) is 109 cm³/mol. The van der Waals surface area contributed by atoms with E-state index in [1.54, 1.807) is 49.4 Å². The molecule has 1 N–H and O–H groups in total. The molecule has 3 rings (SSSR count). The molecule has 3 aromatic rings. The van der Waals surface area contributed by atoms with Gasteiger partial charge in [-0.2, -0.15) is 5.10 Å². The van der Waals surface area contributed by atoms with Crippen LogP contribution < -0.4 is 10.2 Å². The van der Waals surface area contributed by atoms with Crippen LogP contribution in [0.3, 0.4) is 0 Å². The van der Waals surface area contributed by atoms with Gasteiger partial charge in [0.05, 0.1) is 23.6 Å². The Morgan fingerprint density at radius 2 is 1.81 bits per heavy atom. The van der Waals surface area contributed by atoms with Gasteiger partial charge in [0.1, 0.15) is 11.5 Å². The molecule has 0 bridgehead atoms. The number of esters is 1. The highest BCUT2D eigenvalue weighted by Gasteiger charge is 2.12. The Morgan fingerprint density at radius 1 is 1.07 bits per heavy atom. The molecule has 1 amide bonds. The fourth-order valence-electron chi connectivity index (χ4n) is 2.26. The zero-order valence-corrected chi connectivity index (χ0v) is 16.5. The smallest absolute Gasteiger partial charge is 0.344 e. The number of benzene rings is 2. The summed E-state index contributed by atoms with van der Waals surface area (Å²) in [5, 5.41) is 3.91. The molecule has 0 saturated carbocycles. The summed E-state index contributed by atoms with van der Waals surface area (Å²) in [6.45, 7) is 1.70. The molecule has 1 aromatic heterocycles. The van der Waals surface area contributed by atoms with Gasteiger partial charge in [0.2, 0.25) is 0 Å². The van der Waals surface area contributed by atoms with E-state index in [1.165, 1.54) is 12.5 Å². The summed E-state index contributed by atoms with van der Waals surface area (Å²) in [6, 6.07) is 15.6. The number of rotatable bonds is 5. The number of nitrogens with zero attached hydrogens (tertiary/aromatic N) is 1. The second kappa shape index (κ2) is 8.63. The highest BCUT2D eigenvalue weighted by atomic mass is 127. The lowest BCUT2D eigenvalue weighted by Gasteiger charge is -2.06. The number of hydrogen-bond donors (Lipinski definition) is 1. The number of ether oxygens (including phenoxy) is 1. The van der Waals surface area contributed by atoms with Crippen molar-refractivity contribution in [2.75, 3.05) is 0 Å². The van der Waals surface area contributed by atoms with E-state index >= 15 is 0 Å². The Morgan fingerprint density at radius 3 is 2.48 bits per heavy atom. The summed E-state index contributed by atoms with van der Waals surface area (Å²) in [5.74, 6) is 0.196. The van der Waals surface area contributed by atoms with Gasteiger partial charge in [-0.15, -0.1) is 0 Å². The van der Waals surface area contributed by atoms with Gasteiger partial charge in [-0.25, -0.2) is 10.2 Å². The lowest BCUT2D eigenvalue weighted by molar-refractivity contribution is 0.0733. The maximum atomic E-state index is 12.2. The van der Waals surface area contributed by atoms with Gasteiger partial charge in [0.25, 0.3) is 5.91 Å². The minimum absolute atomic E-state index is 0.347. The number of halogens is 1. The minimum atomic E-state index is -0.413. The van der Waals surface area contributed by atoms with Crippen LogP contribution >= 0.6 is 22.6 Å². The fourth-order valence-corrected chi connectivity index (χ4v) is 2.86. The molecule has 6 nitrogen and oxygen atoms in total. The first-order chi connectivity index (χ1) is 13.0. The summed E-state index contributed by atoms with van der Waals surface area (Å²) < 4.78 is 11.3. The normalized spacial score (nSPS) is 10.7. The average molecular weight is 474 g/mol. The highest BCUT2D eigenvalue weighted by Crippen LogP contribution is 2.17. The maximum absolute atomic E-state index is 12.2. The quantitative estimate of drug-likeness (QED) is 0.198. The third-order valence-electron chi connectivity index (χ3n) is 3.67. The van der Waals surface area contributed by atoms with Crippen molar-refractivity contribution in [2.45, 2.75) is 6.92 Å². The topological polar surface area (TPSA) is 80.9 Å². The Bertz CT molecular complexity index is 993. The van der Waals surface area contributed by atoms with Crippen molar-refractivity contribution in [3.8, 4) is 5.75 Å². The molecular formula is C20H15IN2O4. The van der Waals surface area contributed by atoms with Crippen LogP contribution in [0.25, 0.3) is 0 Å². The molecule has 0 atom stereocenters. The first-order valence-electron chi connectivity index (χ1n) is 7.99. The van der Waals surface area contributed by atoms with Crippen LogP contribution in [0.2, 0.25) is 0 Å². The number of aryl methyl sites for hydroxylation is 1. The van der Waals surface area contributed by atoms with Gasteiger partial charge in [-0.3, -0.25) is 4.79 Å². The number of hydrogen-bond acceptors (Lipinski definition) is 5. The lowest BCUT2D eigenvalue weighted by Crippen LogP contribution is -2.17. The maximum Gasteiger partial charge on any atom is 0.344 e. The molecule has 0 aliphatic heterocycles. The van der Waals surface area contributed by atoms with Crippen molar-refractivity contribution in [2.24, 2.45) is 5.10 Å². The van der Waals surface area contributed by atoms with E-state index in [9.17, 15) is 9.59 Å². The number of furan rings is 1. The molecule has 7 heteroatoms. The molecule has 0 radical (unpaired) electrons. The van der Waals surface area contributed by atoms with Crippen LogP contribution in [0, 0.1) is 10.5 Å². The number of carbonyl (C=O) groups excluding carboxylic acids is 2. The summed E-state index contributed by atoms with van der Waals surface area (Å²) in [5.41, 5.74) is 4.13. The Hall–Kier alpha value is -2.94. The second-order valence-corrected chi connectivity index (χ2v) is 6.69. The van der Waals surface area contributed by atoms with Crippen LogP contribution in [-0.4, -0.2) is 18.1 Å². The minimum Gasteiger partial charge on any atom is -0.469 e. The molecule has 2 aromatic carbocycles. The number of nitrogens with one attached hydrogen (secondary N) is 1. The van der Waals surface area contributed by atoms with Crippen LogP contribution in [0.1, 0.15) is 32.0 Å². The molecule has 0 spiro atoms. The number of hydrazone groups is 1. The van der Waals surface area contributed by atoms with Crippen LogP contribution in [0.5, 0.6) is 5.75 Å². The zero-order chi connectivity index (χ0) is 19.2. The summed E-state index contributed by atoms with van der Waals surface area (Å²) in [7, 11) is 0. The third-order valence-corrected chi connectivity index (χ3v) is 4.61. The van der Waals surface area contributed by atoms with Gasteiger partial charge in [-0.1, -0.05) is 12.1 Å². The Labute approximate surface area is 169 Å². The van der Waals surface area contributed by atoms with Crippen molar-refractivity contribution in [1.29, 1.82) is 0 Å². The van der Waals surface area contributed by atoms with E-state index in [4.69, 9.17) is 9.15 Å².